The van der Waals surface area contributed by atoms with Crippen LogP contribution in [-0.4, -0.2) is 9.49 Å². The quantitative estimate of drug-likeness (QED) is 0.407. The number of rotatable bonds is 4. The van der Waals surface area contributed by atoms with Crippen LogP contribution in [0.2, 0.25) is 0 Å². The molecule has 0 N–H and O–H groups in total. The number of hydrogen-bond donors (Lipinski definition) is 0. The molecule has 0 aliphatic rings. The van der Waals surface area contributed by atoms with E-state index in [0.717, 1.165) is 28.6 Å². The Bertz CT molecular complexity index is 1120. The van der Waals surface area contributed by atoms with Crippen LogP contribution in [0.3, 0.4) is 0 Å². The van der Waals surface area contributed by atoms with Crippen molar-refractivity contribution in [1.29, 1.82) is 0 Å². The first kappa shape index (κ1) is 17.6. The van der Waals surface area contributed by atoms with Gasteiger partial charge in [0.15, 0.2) is 0 Å². The van der Waals surface area contributed by atoms with Gasteiger partial charge in [-0.05, 0) is 41.7 Å². The zero-order valence-electron chi connectivity index (χ0n) is 14.7. The Morgan fingerprint density at radius 2 is 1.92 bits per heavy atom. The smallest absolute Gasteiger partial charge is 0.336 e. The van der Waals surface area contributed by atoms with E-state index in [1.807, 2.05) is 19.1 Å². The minimum atomic E-state index is -0.562. The highest BCUT2D eigenvalue weighted by atomic mass is 16.6. The van der Waals surface area contributed by atoms with Gasteiger partial charge in [0.2, 0.25) is 0 Å². The highest BCUT2D eigenvalue weighted by Gasteiger charge is 2.14. The lowest BCUT2D eigenvalue weighted by Gasteiger charge is -2.13. The highest BCUT2D eigenvalue weighted by molar-refractivity contribution is 5.82. The molecule has 0 spiro atoms. The second-order valence-corrected chi connectivity index (χ2v) is 6.56. The van der Waals surface area contributed by atoms with Gasteiger partial charge in [0.05, 0.1) is 17.7 Å². The molecule has 0 saturated heterocycles. The molecule has 0 unspecified atom stereocenters. The van der Waals surface area contributed by atoms with Crippen molar-refractivity contribution < 1.29 is 9.34 Å². The van der Waals surface area contributed by atoms with E-state index in [1.165, 1.54) is 16.8 Å². The van der Waals surface area contributed by atoms with E-state index in [4.69, 9.17) is 4.42 Å². The fourth-order valence-electron chi connectivity index (χ4n) is 3.08. The molecule has 0 amide bonds. The van der Waals surface area contributed by atoms with Crippen LogP contribution in [0.5, 0.6) is 0 Å². The number of fused-ring (bicyclic) bond motifs is 1. The number of aromatic nitrogens is 1. The third-order valence-electron chi connectivity index (χ3n) is 4.36. The number of hydrogen-bond acceptors (Lipinski definition) is 5. The van der Waals surface area contributed by atoms with Crippen molar-refractivity contribution in [2.45, 2.75) is 33.2 Å². The second kappa shape index (κ2) is 6.59. The second-order valence-electron chi connectivity index (χ2n) is 6.56. The SMILES string of the molecule is Cc1cc2oc(=O)cc(Cn3cc([N+](=O)[O-])ccc3=O)c2cc1C(C)C. The summed E-state index contributed by atoms with van der Waals surface area (Å²) in [7, 11) is 0. The Balaban J connectivity index is 2.20. The molecule has 0 aliphatic carbocycles. The lowest BCUT2D eigenvalue weighted by Crippen LogP contribution is -2.20. The van der Waals surface area contributed by atoms with E-state index < -0.39 is 10.5 Å². The fourth-order valence-corrected chi connectivity index (χ4v) is 3.08. The van der Waals surface area contributed by atoms with Crippen LogP contribution in [0.1, 0.15) is 36.5 Å². The summed E-state index contributed by atoms with van der Waals surface area (Å²) in [4.78, 5) is 34.4. The molecule has 0 atom stereocenters. The minimum Gasteiger partial charge on any atom is -0.423 e. The topological polar surface area (TPSA) is 95.3 Å². The van der Waals surface area contributed by atoms with Gasteiger partial charge in [0.1, 0.15) is 5.58 Å². The molecule has 0 saturated carbocycles. The highest BCUT2D eigenvalue weighted by Crippen LogP contribution is 2.27. The average molecular weight is 354 g/mol. The lowest BCUT2D eigenvalue weighted by atomic mass is 9.95. The molecule has 0 aliphatic heterocycles. The van der Waals surface area contributed by atoms with Gasteiger partial charge in [0.25, 0.3) is 11.2 Å². The number of benzene rings is 1. The van der Waals surface area contributed by atoms with Crippen molar-refractivity contribution in [2.75, 3.05) is 0 Å². The van der Waals surface area contributed by atoms with Crippen LogP contribution in [0, 0.1) is 17.0 Å². The molecule has 7 heteroatoms. The predicted octanol–water partition coefficient (Wildman–Crippen LogP) is 3.34. The standard InChI is InChI=1S/C19H18N2O5/c1-11(2)15-8-16-13(7-19(23)26-17(16)6-12(15)3)9-20-10-14(21(24)25)4-5-18(20)22/h4-8,10-11H,9H2,1-3H3. The summed E-state index contributed by atoms with van der Waals surface area (Å²) >= 11 is 0. The van der Waals surface area contributed by atoms with Crippen LogP contribution in [0.4, 0.5) is 5.69 Å². The van der Waals surface area contributed by atoms with Crippen molar-refractivity contribution in [3.05, 3.63) is 84.1 Å². The molecule has 7 nitrogen and oxygen atoms in total. The summed E-state index contributed by atoms with van der Waals surface area (Å²) in [5.41, 5.74) is 2.05. The van der Waals surface area contributed by atoms with Gasteiger partial charge in [-0.1, -0.05) is 13.8 Å². The van der Waals surface area contributed by atoms with Gasteiger partial charge in [-0.3, -0.25) is 14.9 Å². The first-order valence-electron chi connectivity index (χ1n) is 8.18. The third-order valence-corrected chi connectivity index (χ3v) is 4.36. The van der Waals surface area contributed by atoms with E-state index in [2.05, 4.69) is 13.8 Å². The molecule has 3 rings (SSSR count). The third kappa shape index (κ3) is 3.28. The van der Waals surface area contributed by atoms with Gasteiger partial charge in [-0.2, -0.15) is 0 Å². The zero-order chi connectivity index (χ0) is 19.0. The minimum absolute atomic E-state index is 0.0449. The van der Waals surface area contributed by atoms with Crippen molar-refractivity contribution in [3.63, 3.8) is 0 Å². The Hall–Kier alpha value is -3.22. The number of nitro groups is 1. The summed E-state index contributed by atoms with van der Waals surface area (Å²) in [5, 5.41) is 11.7. The van der Waals surface area contributed by atoms with Crippen LogP contribution in [0.15, 0.2) is 50.5 Å². The van der Waals surface area contributed by atoms with Gasteiger partial charge >= 0.3 is 5.63 Å². The van der Waals surface area contributed by atoms with Crippen LogP contribution in [0.25, 0.3) is 11.0 Å². The molecule has 134 valence electrons. The Labute approximate surface area is 148 Å². The summed E-state index contributed by atoms with van der Waals surface area (Å²) < 4.78 is 6.52. The van der Waals surface area contributed by atoms with Gasteiger partial charge in [-0.25, -0.2) is 4.79 Å². The predicted molar refractivity (Wildman–Crippen MR) is 97.8 cm³/mol. The van der Waals surface area contributed by atoms with Crippen molar-refractivity contribution in [3.8, 4) is 0 Å². The lowest BCUT2D eigenvalue weighted by molar-refractivity contribution is -0.385. The van der Waals surface area contributed by atoms with E-state index in [0.29, 0.717) is 11.1 Å². The molecule has 2 aromatic heterocycles. The zero-order valence-corrected chi connectivity index (χ0v) is 14.7. The van der Waals surface area contributed by atoms with Crippen LogP contribution >= 0.6 is 0 Å². The monoisotopic (exact) mass is 354 g/mol. The molecular weight excluding hydrogens is 336 g/mol. The molecule has 3 aromatic rings. The molecule has 0 fully saturated rings. The van der Waals surface area contributed by atoms with Crippen molar-refractivity contribution in [1.82, 2.24) is 4.57 Å². The number of pyridine rings is 1. The van der Waals surface area contributed by atoms with Crippen molar-refractivity contribution in [2.24, 2.45) is 0 Å². The molecule has 0 radical (unpaired) electrons. The van der Waals surface area contributed by atoms with Gasteiger partial charge in [0, 0.05) is 23.6 Å². The summed E-state index contributed by atoms with van der Waals surface area (Å²) in [6.07, 6.45) is 1.18. The molecular formula is C19H18N2O5. The normalized spacial score (nSPS) is 11.2. The Morgan fingerprint density at radius 1 is 1.19 bits per heavy atom. The largest absolute Gasteiger partial charge is 0.423 e. The number of nitrogens with zero attached hydrogens (tertiary/aromatic N) is 2. The summed E-state index contributed by atoms with van der Waals surface area (Å²) in [5.74, 6) is 0.278. The van der Waals surface area contributed by atoms with Crippen LogP contribution in [-0.2, 0) is 6.54 Å². The Morgan fingerprint density at radius 3 is 2.58 bits per heavy atom. The maximum absolute atomic E-state index is 12.1. The average Bonchev–Trinajstić information content (AvgIpc) is 2.55. The van der Waals surface area contributed by atoms with Crippen molar-refractivity contribution >= 4 is 16.7 Å². The van der Waals surface area contributed by atoms with E-state index >= 15 is 0 Å². The maximum atomic E-state index is 12.1. The first-order chi connectivity index (χ1) is 12.3. The summed E-state index contributed by atoms with van der Waals surface area (Å²) in [6, 6.07) is 7.40. The molecule has 1 aromatic carbocycles. The fraction of sp³-hybridized carbons (Fsp3) is 0.263. The van der Waals surface area contributed by atoms with E-state index in [-0.39, 0.29) is 23.7 Å². The molecule has 26 heavy (non-hydrogen) atoms. The number of aryl methyl sites for hydroxylation is 1. The summed E-state index contributed by atoms with van der Waals surface area (Å²) in [6.45, 7) is 6.13. The first-order valence-corrected chi connectivity index (χ1v) is 8.18. The molecule has 0 bridgehead atoms. The van der Waals surface area contributed by atoms with Gasteiger partial charge in [-0.15, -0.1) is 0 Å². The van der Waals surface area contributed by atoms with Gasteiger partial charge < -0.3 is 8.98 Å². The van der Waals surface area contributed by atoms with Crippen LogP contribution < -0.4 is 11.2 Å². The Kier molecular flexibility index (Phi) is 4.46. The van der Waals surface area contributed by atoms with E-state index in [1.54, 1.807) is 0 Å². The molecule has 2 heterocycles. The maximum Gasteiger partial charge on any atom is 0.336 e. The van der Waals surface area contributed by atoms with E-state index in [9.17, 15) is 19.7 Å².